The Hall–Kier alpha value is -2.92. The zero-order valence-corrected chi connectivity index (χ0v) is 16.2. The molecule has 162 valence electrons. The van der Waals surface area contributed by atoms with Gasteiger partial charge in [-0.3, -0.25) is 9.80 Å². The predicted octanol–water partition coefficient (Wildman–Crippen LogP) is 1.95. The maximum atomic E-state index is 12.9. The second-order valence-electron chi connectivity index (χ2n) is 7.37. The molecule has 8 nitrogen and oxygen atoms in total. The number of aliphatic hydroxyl groups is 1. The first-order chi connectivity index (χ1) is 14.2. The number of anilines is 1. The lowest BCUT2D eigenvalue weighted by atomic mass is 10.1. The summed E-state index contributed by atoms with van der Waals surface area (Å²) in [6.45, 7) is 3.81. The maximum Gasteiger partial charge on any atom is 0.416 e. The lowest BCUT2D eigenvalue weighted by Crippen LogP contribution is -2.49. The highest BCUT2D eigenvalue weighted by Crippen LogP contribution is 2.32. The van der Waals surface area contributed by atoms with E-state index in [2.05, 4.69) is 4.90 Å². The fourth-order valence-corrected chi connectivity index (χ4v) is 3.84. The van der Waals surface area contributed by atoms with Gasteiger partial charge in [-0.15, -0.1) is 0 Å². The number of fused-ring (bicyclic) bond motifs is 1. The number of halogens is 3. The van der Waals surface area contributed by atoms with E-state index in [4.69, 9.17) is 5.84 Å². The number of rotatable bonds is 4. The largest absolute Gasteiger partial charge is 0.508 e. The Balaban J connectivity index is 1.34. The summed E-state index contributed by atoms with van der Waals surface area (Å²) in [6, 6.07) is 5.00. The Morgan fingerprint density at radius 1 is 1.10 bits per heavy atom. The topological polar surface area (TPSA) is 79.5 Å². The zero-order valence-electron chi connectivity index (χ0n) is 16.2. The molecule has 0 aliphatic carbocycles. The summed E-state index contributed by atoms with van der Waals surface area (Å²) >= 11 is 0. The van der Waals surface area contributed by atoms with Gasteiger partial charge in [-0.25, -0.2) is 15.6 Å². The summed E-state index contributed by atoms with van der Waals surface area (Å²) < 4.78 is 38.8. The summed E-state index contributed by atoms with van der Waals surface area (Å²) in [5.74, 6) is 6.44. The van der Waals surface area contributed by atoms with Gasteiger partial charge in [0.1, 0.15) is 11.6 Å². The van der Waals surface area contributed by atoms with Crippen LogP contribution >= 0.6 is 0 Å². The normalized spacial score (nSPS) is 20.5. The summed E-state index contributed by atoms with van der Waals surface area (Å²) in [4.78, 5) is 18.0. The Kier molecular flexibility index (Phi) is 5.24. The number of hydrazine groups is 2. The van der Waals surface area contributed by atoms with E-state index in [9.17, 15) is 23.1 Å². The number of hydrogen-bond donors (Lipinski definition) is 2. The van der Waals surface area contributed by atoms with E-state index < -0.39 is 11.7 Å². The first kappa shape index (κ1) is 20.4. The Morgan fingerprint density at radius 3 is 2.53 bits per heavy atom. The van der Waals surface area contributed by atoms with Crippen LogP contribution in [-0.4, -0.2) is 76.9 Å². The number of nitrogens with zero attached hydrogens (tertiary/aromatic N) is 5. The highest BCUT2D eigenvalue weighted by Gasteiger charge is 2.39. The second-order valence-corrected chi connectivity index (χ2v) is 7.37. The van der Waals surface area contributed by atoms with Crippen LogP contribution in [0.2, 0.25) is 0 Å². The molecule has 3 N–H and O–H groups in total. The van der Waals surface area contributed by atoms with Gasteiger partial charge in [-0.05, 0) is 24.3 Å². The van der Waals surface area contributed by atoms with Gasteiger partial charge in [0, 0.05) is 51.0 Å². The molecular formula is C19H23F3N6O2. The van der Waals surface area contributed by atoms with Gasteiger partial charge in [0.2, 0.25) is 0 Å². The number of allylic oxidation sites excluding steroid dienone is 1. The molecule has 11 heteroatoms. The number of carbonyl (C=O) groups excluding carboxylic acids is 1. The number of hydrogen-bond acceptors (Lipinski definition) is 6. The van der Waals surface area contributed by atoms with Crippen LogP contribution in [0.4, 0.5) is 23.7 Å². The Bertz CT molecular complexity index is 879. The lowest BCUT2D eigenvalue weighted by molar-refractivity contribution is -0.137. The molecule has 0 unspecified atom stereocenters. The van der Waals surface area contributed by atoms with Crippen molar-refractivity contribution in [3.05, 3.63) is 53.6 Å². The first-order valence-corrected chi connectivity index (χ1v) is 9.63. The van der Waals surface area contributed by atoms with E-state index in [1.165, 1.54) is 23.1 Å². The highest BCUT2D eigenvalue weighted by molar-refractivity contribution is 5.78. The van der Waals surface area contributed by atoms with Crippen molar-refractivity contribution in [2.45, 2.75) is 6.18 Å². The third-order valence-electron chi connectivity index (χ3n) is 5.53. The minimum absolute atomic E-state index is 0.0871. The summed E-state index contributed by atoms with van der Waals surface area (Å²) in [5.41, 5.74) is -0.0906. The molecule has 4 rings (SSSR count). The van der Waals surface area contributed by atoms with Gasteiger partial charge in [-0.1, -0.05) is 6.07 Å². The molecule has 0 bridgehead atoms. The number of nitrogens with two attached hydrogens (primary N) is 1. The average molecular weight is 424 g/mol. The van der Waals surface area contributed by atoms with Crippen LogP contribution in [-0.2, 0) is 6.18 Å². The second kappa shape index (κ2) is 7.73. The monoisotopic (exact) mass is 424 g/mol. The minimum atomic E-state index is -4.36. The first-order valence-electron chi connectivity index (χ1n) is 9.63. The number of urea groups is 1. The van der Waals surface area contributed by atoms with Gasteiger partial charge < -0.3 is 10.0 Å². The van der Waals surface area contributed by atoms with Gasteiger partial charge in [-0.2, -0.15) is 18.3 Å². The molecule has 30 heavy (non-hydrogen) atoms. The molecule has 0 aromatic heterocycles. The molecular weight excluding hydrogens is 401 g/mol. The Morgan fingerprint density at radius 2 is 1.83 bits per heavy atom. The van der Waals surface area contributed by atoms with Gasteiger partial charge in [0.25, 0.3) is 0 Å². The predicted molar refractivity (Wildman–Crippen MR) is 104 cm³/mol. The third-order valence-corrected chi connectivity index (χ3v) is 5.53. The molecule has 2 fully saturated rings. The van der Waals surface area contributed by atoms with Crippen LogP contribution in [0, 0.1) is 0 Å². The SMILES string of the molecule is NN1C(=O)N(CCN2CCN(c3cccc(C(F)(F)F)c3)CC2)C2=CC(O)=CCN21. The zero-order chi connectivity index (χ0) is 21.5. The number of piperazine rings is 1. The number of alkyl halides is 3. The number of benzene rings is 1. The molecule has 0 atom stereocenters. The van der Waals surface area contributed by atoms with Crippen molar-refractivity contribution < 1.29 is 23.1 Å². The van der Waals surface area contributed by atoms with E-state index in [1.807, 2.05) is 4.90 Å². The smallest absolute Gasteiger partial charge is 0.416 e. The molecule has 0 saturated carbocycles. The van der Waals surface area contributed by atoms with E-state index in [0.717, 1.165) is 11.2 Å². The van der Waals surface area contributed by atoms with Crippen molar-refractivity contribution in [1.82, 2.24) is 19.9 Å². The molecule has 3 aliphatic rings. The standard InChI is InChI=1S/C19H23F3N6O2/c20-19(21,22)14-2-1-3-15(12-14)25-9-6-24(7-10-25)8-11-26-17-13-16(29)4-5-27(17)28(23)18(26)30/h1-4,12-13,29H,5-11,23H2. The molecule has 2 amide bonds. The molecule has 2 saturated heterocycles. The van der Waals surface area contributed by atoms with Crippen molar-refractivity contribution in [2.75, 3.05) is 50.7 Å². The van der Waals surface area contributed by atoms with Crippen molar-refractivity contribution in [1.29, 1.82) is 0 Å². The van der Waals surface area contributed by atoms with Crippen LogP contribution in [0.15, 0.2) is 48.0 Å². The van der Waals surface area contributed by atoms with Gasteiger partial charge >= 0.3 is 12.2 Å². The van der Waals surface area contributed by atoms with Crippen molar-refractivity contribution >= 4 is 11.7 Å². The molecule has 0 radical (unpaired) electrons. The maximum absolute atomic E-state index is 12.9. The number of amides is 2. The van der Waals surface area contributed by atoms with E-state index in [0.29, 0.717) is 57.3 Å². The fraction of sp³-hybridized carbons (Fsp3) is 0.421. The molecule has 0 spiro atoms. The van der Waals surface area contributed by atoms with Crippen LogP contribution in [0.3, 0.4) is 0 Å². The van der Waals surface area contributed by atoms with Crippen LogP contribution in [0.5, 0.6) is 0 Å². The van der Waals surface area contributed by atoms with E-state index >= 15 is 0 Å². The molecule has 3 aliphatic heterocycles. The van der Waals surface area contributed by atoms with Crippen LogP contribution in [0.25, 0.3) is 0 Å². The summed E-state index contributed by atoms with van der Waals surface area (Å²) in [5, 5.41) is 12.4. The van der Waals surface area contributed by atoms with E-state index in [1.54, 1.807) is 17.2 Å². The number of aliphatic hydroxyl groups excluding tert-OH is 1. The minimum Gasteiger partial charge on any atom is -0.508 e. The fourth-order valence-electron chi connectivity index (χ4n) is 3.84. The third kappa shape index (κ3) is 3.90. The molecule has 1 aromatic rings. The van der Waals surface area contributed by atoms with Gasteiger partial charge in [0.05, 0.1) is 12.1 Å². The number of carbonyl (C=O) groups is 1. The van der Waals surface area contributed by atoms with E-state index in [-0.39, 0.29) is 11.8 Å². The van der Waals surface area contributed by atoms with Crippen molar-refractivity contribution in [3.8, 4) is 0 Å². The molecule has 3 heterocycles. The van der Waals surface area contributed by atoms with Crippen LogP contribution < -0.4 is 10.7 Å². The quantitative estimate of drug-likeness (QED) is 0.568. The van der Waals surface area contributed by atoms with Crippen LogP contribution in [0.1, 0.15) is 5.56 Å². The van der Waals surface area contributed by atoms with Crippen molar-refractivity contribution in [2.24, 2.45) is 5.84 Å². The lowest BCUT2D eigenvalue weighted by Gasteiger charge is -2.36. The van der Waals surface area contributed by atoms with Crippen molar-refractivity contribution in [3.63, 3.8) is 0 Å². The highest BCUT2D eigenvalue weighted by atomic mass is 19.4. The average Bonchev–Trinajstić information content (AvgIpc) is 2.96. The summed E-state index contributed by atoms with van der Waals surface area (Å²) in [6.07, 6.45) is -1.30. The molecule has 1 aromatic carbocycles. The Labute approximate surface area is 171 Å². The summed E-state index contributed by atoms with van der Waals surface area (Å²) in [7, 11) is 0. The van der Waals surface area contributed by atoms with Gasteiger partial charge in [0.15, 0.2) is 0 Å².